The standard InChI is InChI=1S/C72H60/c1-49(2)11-26-57(10)69-65(45-35-58-27-12-50(3)13-28-58)70(62-39-20-54(7)21-40-62)67(47-37-60-31-16-52(5)17-32-60)72(64-43-24-56(9)25-44-64)68(48-38-61-33-18-53(6)19-34-61)71(63-41-22-55(8)23-42-63)66(69)46-36-59-29-14-51(4)15-30-59/h11-34,39-44H,1-10H3/b57-26+,69-65-,69-66?,70-65?,70-67-,71-66-,71-68?,72-67?,72-68-. The highest BCUT2D eigenvalue weighted by atomic mass is 14.3. The van der Waals surface area contributed by atoms with E-state index in [9.17, 15) is 0 Å². The number of aryl methyl sites for hydroxylation is 7. The lowest BCUT2D eigenvalue weighted by Gasteiger charge is -2.27. The van der Waals surface area contributed by atoms with Gasteiger partial charge < -0.3 is 0 Å². The minimum Gasteiger partial charge on any atom is -0.0764 e. The van der Waals surface area contributed by atoms with Crippen molar-refractivity contribution in [1.29, 1.82) is 0 Å². The summed E-state index contributed by atoms with van der Waals surface area (Å²) in [5.41, 5.74) is 23.8. The lowest BCUT2D eigenvalue weighted by Crippen LogP contribution is -2.11. The average Bonchev–Trinajstić information content (AvgIpc) is 3.37. The lowest BCUT2D eigenvalue weighted by atomic mass is 9.74. The van der Waals surface area contributed by atoms with Gasteiger partial charge in [-0.15, -0.1) is 0 Å². The maximum absolute atomic E-state index is 3.90. The second kappa shape index (κ2) is 22.8. The molecule has 0 aromatic heterocycles. The van der Waals surface area contributed by atoms with E-state index in [-0.39, 0.29) is 0 Å². The zero-order valence-corrected chi connectivity index (χ0v) is 43.3. The van der Waals surface area contributed by atoms with Gasteiger partial charge in [0, 0.05) is 66.8 Å². The molecule has 72 heavy (non-hydrogen) atoms. The summed E-state index contributed by atoms with van der Waals surface area (Å²) in [7, 11) is 0. The van der Waals surface area contributed by atoms with Gasteiger partial charge in [-0.2, -0.15) is 0 Å². The lowest BCUT2D eigenvalue weighted by molar-refractivity contribution is 1.33. The van der Waals surface area contributed by atoms with Gasteiger partial charge in [0.1, 0.15) is 0 Å². The molecule has 0 saturated carbocycles. The van der Waals surface area contributed by atoms with Crippen LogP contribution in [0.4, 0.5) is 0 Å². The molecule has 0 aliphatic heterocycles. The molecule has 0 heterocycles. The van der Waals surface area contributed by atoms with Crippen molar-refractivity contribution in [1.82, 2.24) is 0 Å². The molecule has 0 atom stereocenters. The van der Waals surface area contributed by atoms with Gasteiger partial charge in [-0.05, 0) is 140 Å². The minimum absolute atomic E-state index is 0.812. The van der Waals surface area contributed by atoms with E-state index in [1.807, 2.05) is 0 Å². The van der Waals surface area contributed by atoms with Crippen molar-refractivity contribution in [3.8, 4) is 47.4 Å². The molecular weight excluding hydrogens is 865 g/mol. The summed E-state index contributed by atoms with van der Waals surface area (Å²) >= 11 is 0. The smallest absolute Gasteiger partial charge is 0.0431 e. The van der Waals surface area contributed by atoms with Gasteiger partial charge in [0.15, 0.2) is 0 Å². The molecule has 8 rings (SSSR count). The van der Waals surface area contributed by atoms with Crippen LogP contribution in [0.2, 0.25) is 0 Å². The Bertz CT molecular complexity index is 3570. The van der Waals surface area contributed by atoms with Gasteiger partial charge >= 0.3 is 0 Å². The molecule has 0 amide bonds. The monoisotopic (exact) mass is 924 g/mol. The third-order valence-electron chi connectivity index (χ3n) is 12.6. The van der Waals surface area contributed by atoms with Crippen LogP contribution in [0, 0.1) is 95.8 Å². The van der Waals surface area contributed by atoms with Crippen LogP contribution < -0.4 is 0 Å². The van der Waals surface area contributed by atoms with E-state index in [1.54, 1.807) is 0 Å². The van der Waals surface area contributed by atoms with Crippen LogP contribution in [0.25, 0.3) is 16.7 Å². The number of rotatable bonds is 5. The molecule has 7 aromatic rings. The van der Waals surface area contributed by atoms with Gasteiger partial charge in [0.2, 0.25) is 0 Å². The van der Waals surface area contributed by atoms with Crippen LogP contribution in [-0.4, -0.2) is 0 Å². The third-order valence-corrected chi connectivity index (χ3v) is 12.6. The van der Waals surface area contributed by atoms with Crippen molar-refractivity contribution < 1.29 is 0 Å². The Labute approximate surface area is 430 Å². The summed E-state index contributed by atoms with van der Waals surface area (Å²) in [4.78, 5) is 0. The second-order valence-corrected chi connectivity index (χ2v) is 19.2. The fourth-order valence-corrected chi connectivity index (χ4v) is 8.38. The molecule has 1 aliphatic carbocycles. The molecule has 0 bridgehead atoms. The second-order valence-electron chi connectivity index (χ2n) is 19.2. The summed E-state index contributed by atoms with van der Waals surface area (Å²) in [6, 6.07) is 60.2. The Morgan fingerprint density at radius 3 is 0.792 bits per heavy atom. The highest BCUT2D eigenvalue weighted by Crippen LogP contribution is 2.47. The van der Waals surface area contributed by atoms with Gasteiger partial charge in [0.05, 0.1) is 0 Å². The van der Waals surface area contributed by atoms with Crippen molar-refractivity contribution in [2.45, 2.75) is 69.2 Å². The Morgan fingerprint density at radius 1 is 0.264 bits per heavy atom. The number of benzene rings is 7. The first-order valence-corrected chi connectivity index (χ1v) is 24.7. The summed E-state index contributed by atoms with van der Waals surface area (Å²) in [5, 5.41) is 0. The molecule has 0 nitrogen and oxygen atoms in total. The predicted molar refractivity (Wildman–Crippen MR) is 307 cm³/mol. The van der Waals surface area contributed by atoms with Crippen molar-refractivity contribution in [2.75, 3.05) is 0 Å². The molecule has 1 aliphatic rings. The fraction of sp³-hybridized carbons (Fsp3) is 0.139. The van der Waals surface area contributed by atoms with Crippen LogP contribution in [-0.2, 0) is 0 Å². The largest absolute Gasteiger partial charge is 0.0764 e. The van der Waals surface area contributed by atoms with E-state index in [4.69, 9.17) is 0 Å². The first-order chi connectivity index (χ1) is 34.8. The Kier molecular flexibility index (Phi) is 15.7. The third kappa shape index (κ3) is 12.3. The molecule has 0 saturated heterocycles. The van der Waals surface area contributed by atoms with Crippen LogP contribution in [0.5, 0.6) is 0 Å². The average molecular weight is 925 g/mol. The summed E-state index contributed by atoms with van der Waals surface area (Å²) in [5.74, 6) is 30.4. The molecule has 0 radical (unpaired) electrons. The molecule has 0 heteroatoms. The first kappa shape index (κ1) is 49.6. The molecule has 0 fully saturated rings. The molecule has 0 spiro atoms. The number of hydrogen-bond donors (Lipinski definition) is 0. The van der Waals surface area contributed by atoms with E-state index < -0.39 is 0 Å². The number of allylic oxidation sites excluding steroid dienone is 12. The molecule has 348 valence electrons. The fourth-order valence-electron chi connectivity index (χ4n) is 8.38. The minimum atomic E-state index is 0.812. The highest BCUT2D eigenvalue weighted by Gasteiger charge is 2.31. The zero-order valence-electron chi connectivity index (χ0n) is 43.3. The van der Waals surface area contributed by atoms with E-state index in [1.165, 1.54) is 27.8 Å². The van der Waals surface area contributed by atoms with Crippen molar-refractivity contribution in [3.63, 3.8) is 0 Å². The van der Waals surface area contributed by atoms with Crippen LogP contribution in [0.1, 0.15) is 98.7 Å². The van der Waals surface area contributed by atoms with Gasteiger partial charge in [-0.25, -0.2) is 0 Å². The quantitative estimate of drug-likeness (QED) is 0.119. The van der Waals surface area contributed by atoms with E-state index in [2.05, 4.69) is 299 Å². The van der Waals surface area contributed by atoms with E-state index in [0.717, 1.165) is 106 Å². The summed E-state index contributed by atoms with van der Waals surface area (Å²) in [6.07, 6.45) is 4.40. The van der Waals surface area contributed by atoms with E-state index >= 15 is 0 Å². The molecule has 0 N–H and O–H groups in total. The maximum Gasteiger partial charge on any atom is 0.0431 e. The topological polar surface area (TPSA) is 0 Å². The van der Waals surface area contributed by atoms with Crippen molar-refractivity contribution >= 4 is 16.7 Å². The normalized spacial score (nSPS) is 16.6. The Morgan fingerprint density at radius 2 is 0.500 bits per heavy atom. The van der Waals surface area contributed by atoms with Gasteiger partial charge in [-0.1, -0.05) is 225 Å². The highest BCUT2D eigenvalue weighted by molar-refractivity contribution is 6.11. The van der Waals surface area contributed by atoms with Crippen molar-refractivity contribution in [2.24, 2.45) is 0 Å². The Hall–Kier alpha value is -8.78. The van der Waals surface area contributed by atoms with Crippen LogP contribution >= 0.6 is 0 Å². The van der Waals surface area contributed by atoms with Crippen molar-refractivity contribution in [3.05, 3.63) is 299 Å². The number of hydrogen-bond acceptors (Lipinski definition) is 0. The van der Waals surface area contributed by atoms with Crippen LogP contribution in [0.15, 0.2) is 221 Å². The molecule has 0 unspecified atom stereocenters. The maximum atomic E-state index is 3.90. The zero-order chi connectivity index (χ0) is 50.7. The predicted octanol–water partition coefficient (Wildman–Crippen LogP) is 16.9. The molecule has 7 aromatic carbocycles. The summed E-state index contributed by atoms with van der Waals surface area (Å²) < 4.78 is 0. The SMILES string of the molecule is CC(C)=C/C=C(C)/C1=C(C#Cc2ccc(C)cc2)/C(c2ccc(C)cc2)=C(C#Cc2ccc(C)cc2)\C(c2ccc(C)cc2)=C(C#Cc2ccc(C)cc2)/C(c2ccc(C)cc2)=C\1C#Cc1ccc(C)cc1. The van der Waals surface area contributed by atoms with E-state index in [0.29, 0.717) is 0 Å². The summed E-state index contributed by atoms with van der Waals surface area (Å²) in [6.45, 7) is 21.3. The van der Waals surface area contributed by atoms with Crippen LogP contribution in [0.3, 0.4) is 0 Å². The van der Waals surface area contributed by atoms with Gasteiger partial charge in [-0.3, -0.25) is 0 Å². The van der Waals surface area contributed by atoms with Gasteiger partial charge in [0.25, 0.3) is 0 Å². The molecular formula is C72H60. The first-order valence-electron chi connectivity index (χ1n) is 24.7. The Balaban J connectivity index is 1.74.